The summed E-state index contributed by atoms with van der Waals surface area (Å²) < 4.78 is 51.5. The van der Waals surface area contributed by atoms with E-state index >= 15 is 0 Å². The van der Waals surface area contributed by atoms with Crippen LogP contribution in [-0.2, 0) is 24.1 Å². The molecule has 1 aliphatic rings. The quantitative estimate of drug-likeness (QED) is 0.345. The highest BCUT2D eigenvalue weighted by molar-refractivity contribution is 5.80. The van der Waals surface area contributed by atoms with Crippen LogP contribution in [0.25, 0.3) is 0 Å². The highest BCUT2D eigenvalue weighted by Crippen LogP contribution is 2.42. The molecule has 1 amide bonds. The number of benzene rings is 1. The molecule has 4 rings (SSSR count). The molecule has 0 bridgehead atoms. The fourth-order valence-corrected chi connectivity index (χ4v) is 3.60. The molecule has 1 aliphatic carbocycles. The van der Waals surface area contributed by atoms with Crippen LogP contribution in [0.1, 0.15) is 59.2 Å². The molecule has 1 fully saturated rings. The minimum atomic E-state index is -4.51. The number of rotatable bonds is 9. The fraction of sp³-hybridized carbons (Fsp3) is 0.375. The summed E-state index contributed by atoms with van der Waals surface area (Å²) in [6, 6.07) is 10.5. The van der Waals surface area contributed by atoms with Gasteiger partial charge in [0.1, 0.15) is 23.9 Å². The van der Waals surface area contributed by atoms with Crippen molar-refractivity contribution in [2.45, 2.75) is 58.4 Å². The summed E-state index contributed by atoms with van der Waals surface area (Å²) in [5, 5.41) is 7.49. The Morgan fingerprint density at radius 1 is 1.24 bits per heavy atom. The average Bonchev–Trinajstić information content (AvgIpc) is 3.33. The van der Waals surface area contributed by atoms with E-state index in [1.54, 1.807) is 12.1 Å². The molecule has 7 nitrogen and oxygen atoms in total. The first-order chi connectivity index (χ1) is 16.2. The second-order valence-corrected chi connectivity index (χ2v) is 8.41. The van der Waals surface area contributed by atoms with Crippen LogP contribution in [0.15, 0.2) is 45.9 Å². The Morgan fingerprint density at radius 3 is 2.65 bits per heavy atom. The van der Waals surface area contributed by atoms with Gasteiger partial charge in [0.25, 0.3) is 0 Å². The normalized spacial score (nSPS) is 14.0. The molecular formula is C24H25F3N4O3. The number of nitrogens with zero attached hydrogens (tertiary/aromatic N) is 3. The largest absolute Gasteiger partial charge is 0.486 e. The molecule has 0 spiro atoms. The number of alkyl halides is 3. The van der Waals surface area contributed by atoms with Gasteiger partial charge in [-0.15, -0.1) is 0 Å². The minimum absolute atomic E-state index is 0.0456. The third kappa shape index (κ3) is 6.27. The Morgan fingerprint density at radius 2 is 1.97 bits per heavy atom. The summed E-state index contributed by atoms with van der Waals surface area (Å²) in [4.78, 5) is 12.1. The number of ether oxygens (including phenoxy) is 1. The van der Waals surface area contributed by atoms with Crippen molar-refractivity contribution in [2.24, 2.45) is 5.10 Å². The average molecular weight is 474 g/mol. The standard InChI is InChI=1S/C24H25F3N4O3/c1-15-9-16(2)11-20(10-15)33-14-19-6-5-18(34-19)13-28-29-23(32)7-8-31-21(17-3-4-17)12-22(30-31)24(25,26)27/h5-6,9-13,17H,3-4,7-8,14H2,1-2H3,(H,29,32)/b28-13+. The minimum Gasteiger partial charge on any atom is -0.486 e. The zero-order valence-corrected chi connectivity index (χ0v) is 18.9. The second kappa shape index (κ2) is 9.74. The maximum absolute atomic E-state index is 13.0. The lowest BCUT2D eigenvalue weighted by atomic mass is 10.1. The number of nitrogens with one attached hydrogen (secondary N) is 1. The van der Waals surface area contributed by atoms with E-state index in [0.29, 0.717) is 17.2 Å². The number of furan rings is 1. The highest BCUT2D eigenvalue weighted by atomic mass is 19.4. The van der Waals surface area contributed by atoms with Crippen LogP contribution in [0.2, 0.25) is 0 Å². The number of hydrazone groups is 1. The van der Waals surface area contributed by atoms with Crippen LogP contribution in [0, 0.1) is 13.8 Å². The topological polar surface area (TPSA) is 81.6 Å². The number of carbonyl (C=O) groups is 1. The van der Waals surface area contributed by atoms with Gasteiger partial charge in [-0.05, 0) is 68.1 Å². The van der Waals surface area contributed by atoms with Gasteiger partial charge in [-0.1, -0.05) is 6.07 Å². The molecule has 0 unspecified atom stereocenters. The number of aromatic nitrogens is 2. The van der Waals surface area contributed by atoms with Crippen molar-refractivity contribution in [3.63, 3.8) is 0 Å². The molecule has 0 saturated heterocycles. The van der Waals surface area contributed by atoms with Gasteiger partial charge in [0.2, 0.25) is 5.91 Å². The third-order valence-corrected chi connectivity index (χ3v) is 5.29. The molecule has 3 aromatic rings. The van der Waals surface area contributed by atoms with Crippen LogP contribution in [0.5, 0.6) is 5.75 Å². The van der Waals surface area contributed by atoms with Gasteiger partial charge >= 0.3 is 6.18 Å². The van der Waals surface area contributed by atoms with Crippen LogP contribution in [0.3, 0.4) is 0 Å². The van der Waals surface area contributed by atoms with E-state index in [1.807, 2.05) is 26.0 Å². The monoisotopic (exact) mass is 474 g/mol. The van der Waals surface area contributed by atoms with Gasteiger partial charge < -0.3 is 9.15 Å². The Kier molecular flexibility index (Phi) is 6.76. The number of hydrogen-bond donors (Lipinski definition) is 1. The van der Waals surface area contributed by atoms with Crippen LogP contribution in [0.4, 0.5) is 13.2 Å². The van der Waals surface area contributed by atoms with Gasteiger partial charge in [-0.2, -0.15) is 23.4 Å². The molecule has 2 aromatic heterocycles. The van der Waals surface area contributed by atoms with Crippen LogP contribution >= 0.6 is 0 Å². The molecule has 1 aromatic carbocycles. The van der Waals surface area contributed by atoms with Gasteiger partial charge in [0.15, 0.2) is 5.69 Å². The summed E-state index contributed by atoms with van der Waals surface area (Å²) in [6.45, 7) is 4.28. The number of aryl methyl sites for hydroxylation is 3. The lowest BCUT2D eigenvalue weighted by molar-refractivity contribution is -0.141. The number of amides is 1. The Hall–Kier alpha value is -3.56. The zero-order chi connectivity index (χ0) is 24.3. The summed E-state index contributed by atoms with van der Waals surface area (Å²) in [5.41, 5.74) is 4.17. The molecule has 1 N–H and O–H groups in total. The molecule has 180 valence electrons. The Labute approximate surface area is 194 Å². The van der Waals surface area contributed by atoms with E-state index < -0.39 is 17.8 Å². The first kappa shape index (κ1) is 23.6. The number of hydrogen-bond acceptors (Lipinski definition) is 5. The van der Waals surface area contributed by atoms with Crippen molar-refractivity contribution < 1.29 is 27.1 Å². The van der Waals surface area contributed by atoms with E-state index in [2.05, 4.69) is 21.7 Å². The molecule has 2 heterocycles. The molecular weight excluding hydrogens is 449 g/mol. The van der Waals surface area contributed by atoms with Crippen molar-refractivity contribution in [1.82, 2.24) is 15.2 Å². The van der Waals surface area contributed by atoms with E-state index in [1.165, 1.54) is 10.9 Å². The van der Waals surface area contributed by atoms with E-state index in [-0.39, 0.29) is 25.5 Å². The SMILES string of the molecule is Cc1cc(C)cc(OCc2ccc(/C=N/NC(=O)CCn3nc(C(F)(F)F)cc3C3CC3)o2)c1. The van der Waals surface area contributed by atoms with Crippen molar-refractivity contribution in [3.8, 4) is 5.75 Å². The first-order valence-corrected chi connectivity index (χ1v) is 10.9. The van der Waals surface area contributed by atoms with Crippen molar-refractivity contribution in [2.75, 3.05) is 0 Å². The van der Waals surface area contributed by atoms with Gasteiger partial charge in [0, 0.05) is 18.0 Å². The molecule has 0 atom stereocenters. The zero-order valence-electron chi connectivity index (χ0n) is 18.9. The fourth-order valence-electron chi connectivity index (χ4n) is 3.60. The summed E-state index contributed by atoms with van der Waals surface area (Å²) in [6.07, 6.45) is -1.54. The molecule has 34 heavy (non-hydrogen) atoms. The summed E-state index contributed by atoms with van der Waals surface area (Å²) in [7, 11) is 0. The van der Waals surface area contributed by atoms with Crippen LogP contribution < -0.4 is 10.2 Å². The summed E-state index contributed by atoms with van der Waals surface area (Å²) in [5.74, 6) is 1.42. The van der Waals surface area contributed by atoms with Gasteiger partial charge in [0.05, 0.1) is 12.8 Å². The molecule has 0 radical (unpaired) electrons. The Balaban J connectivity index is 1.25. The predicted molar refractivity (Wildman–Crippen MR) is 119 cm³/mol. The molecule has 1 saturated carbocycles. The van der Waals surface area contributed by atoms with Gasteiger partial charge in [-0.25, -0.2) is 5.43 Å². The lowest BCUT2D eigenvalue weighted by Gasteiger charge is -2.06. The number of halogens is 3. The van der Waals surface area contributed by atoms with Gasteiger partial charge in [-0.3, -0.25) is 9.48 Å². The van der Waals surface area contributed by atoms with Crippen molar-refractivity contribution >= 4 is 12.1 Å². The molecule has 10 heteroatoms. The molecule has 0 aliphatic heterocycles. The highest BCUT2D eigenvalue weighted by Gasteiger charge is 2.37. The van der Waals surface area contributed by atoms with Crippen molar-refractivity contribution in [1.29, 1.82) is 0 Å². The van der Waals surface area contributed by atoms with Crippen LogP contribution in [-0.4, -0.2) is 21.9 Å². The van der Waals surface area contributed by atoms with E-state index in [4.69, 9.17) is 9.15 Å². The van der Waals surface area contributed by atoms with Crippen molar-refractivity contribution in [3.05, 3.63) is 70.4 Å². The maximum atomic E-state index is 13.0. The Bertz CT molecular complexity index is 1170. The maximum Gasteiger partial charge on any atom is 0.435 e. The van der Waals surface area contributed by atoms with E-state index in [9.17, 15) is 18.0 Å². The van der Waals surface area contributed by atoms with E-state index in [0.717, 1.165) is 35.8 Å². The lowest BCUT2D eigenvalue weighted by Crippen LogP contribution is -2.20. The second-order valence-electron chi connectivity index (χ2n) is 8.41. The smallest absolute Gasteiger partial charge is 0.435 e. The summed E-state index contributed by atoms with van der Waals surface area (Å²) >= 11 is 0. The first-order valence-electron chi connectivity index (χ1n) is 10.9. The third-order valence-electron chi connectivity index (χ3n) is 5.29. The number of carbonyl (C=O) groups excluding carboxylic acids is 1. The predicted octanol–water partition coefficient (Wildman–Crippen LogP) is 5.11.